The van der Waals surface area contributed by atoms with Crippen LogP contribution in [0.25, 0.3) is 0 Å². The standard InChI is InChI=1S/C25H33.C12H10Si.C5H5.2ClH.Zr/c1-15-13-21-19-11-7-8-12-20(19)24-18-10-6-5-9-17(18)14-22(24)23(21)16(2)25(15,3)4;1-3-7-11(8-4-1)13-12-9-5-2-6-10-12;1-2-4-5-3-1;;;/h5-6,9-10,15,19-21,24H,7-8,11-14H2,1-4H3;1-10H;1-5H;2*1H;/q;;;;;+2/p-2. The zero-order chi connectivity index (χ0) is 30.1. The summed E-state index contributed by atoms with van der Waals surface area (Å²) in [5.41, 5.74) is 6.54. The first-order chi connectivity index (χ1) is 21.4. The molecule has 0 amide bonds. The van der Waals surface area contributed by atoms with E-state index in [1.54, 1.807) is 21.5 Å². The van der Waals surface area contributed by atoms with Crippen LogP contribution in [0.1, 0.15) is 76.8 Å². The van der Waals surface area contributed by atoms with Crippen molar-refractivity contribution < 1.29 is 45.2 Å². The molecule has 2 saturated carbocycles. The van der Waals surface area contributed by atoms with Crippen LogP contribution in [0.5, 0.6) is 0 Å². The monoisotopic (exact) mass is 740 g/mol. The molecule has 0 aromatic heterocycles. The topological polar surface area (TPSA) is 0 Å². The van der Waals surface area contributed by atoms with Crippen LogP contribution in [0.4, 0.5) is 0 Å². The second-order valence-electron chi connectivity index (χ2n) is 15.3. The van der Waals surface area contributed by atoms with Crippen molar-refractivity contribution in [3.63, 3.8) is 0 Å². The van der Waals surface area contributed by atoms with Gasteiger partial charge in [0.2, 0.25) is 0 Å². The molecule has 0 nitrogen and oxygen atoms in total. The number of hydrogen-bond acceptors (Lipinski definition) is 0. The van der Waals surface area contributed by atoms with Gasteiger partial charge >= 0.3 is 276 Å². The van der Waals surface area contributed by atoms with Gasteiger partial charge in [0.1, 0.15) is 0 Å². The SMILES string of the molecule is CC1CC2C(=C3Cc4ccccc4C3C3CCCCC23)[C](C)([Zr+2]([CH]2C=CC=C2)=[Si](c2ccccc2)c2ccccc2)C1(C)C.[Cl-].[Cl-]. The third kappa shape index (κ3) is 5.23. The number of benzene rings is 3. The summed E-state index contributed by atoms with van der Waals surface area (Å²) in [6, 6.07) is 33.4. The predicted octanol–water partition coefficient (Wildman–Crippen LogP) is 3.65. The van der Waals surface area contributed by atoms with E-state index in [-0.39, 0.29) is 33.4 Å². The van der Waals surface area contributed by atoms with Crippen LogP contribution in [0.3, 0.4) is 0 Å². The Hall–Kier alpha value is -1.44. The van der Waals surface area contributed by atoms with Crippen LogP contribution in [0, 0.1) is 29.1 Å². The van der Waals surface area contributed by atoms with E-state index in [9.17, 15) is 0 Å². The van der Waals surface area contributed by atoms with Gasteiger partial charge in [-0.25, -0.2) is 0 Å². The van der Waals surface area contributed by atoms with Gasteiger partial charge in [0, 0.05) is 0 Å². The molecular weight excluding hydrogens is 695 g/mol. The van der Waals surface area contributed by atoms with Crippen LogP contribution in [0.2, 0.25) is 6.75 Å². The van der Waals surface area contributed by atoms with Gasteiger partial charge < -0.3 is 24.8 Å². The van der Waals surface area contributed by atoms with Gasteiger partial charge in [0.25, 0.3) is 0 Å². The van der Waals surface area contributed by atoms with Crippen molar-refractivity contribution in [3.8, 4) is 0 Å². The van der Waals surface area contributed by atoms with Crippen molar-refractivity contribution >= 4 is 15.8 Å². The third-order valence-corrected chi connectivity index (χ3v) is 36.4. The number of hydrogen-bond donors (Lipinski definition) is 0. The molecule has 0 N–H and O–H groups in total. The minimum absolute atomic E-state index is 0. The maximum atomic E-state index is 2.88. The average molecular weight is 743 g/mol. The van der Waals surface area contributed by atoms with E-state index >= 15 is 0 Å². The molecule has 0 aliphatic heterocycles. The fourth-order valence-corrected chi connectivity index (χ4v) is 37.7. The van der Waals surface area contributed by atoms with Crippen molar-refractivity contribution in [2.75, 3.05) is 0 Å². The second-order valence-corrected chi connectivity index (χ2v) is 30.2. The number of rotatable bonds is 4. The Morgan fingerprint density at radius 3 is 1.91 bits per heavy atom. The molecular formula is C42H48Cl2SiZr. The van der Waals surface area contributed by atoms with E-state index in [0.29, 0.717) is 9.54 Å². The van der Waals surface area contributed by atoms with Gasteiger partial charge in [0.15, 0.2) is 0 Å². The Balaban J connectivity index is 0.00000186. The molecule has 0 radical (unpaired) electrons. The number of halogens is 2. The van der Waals surface area contributed by atoms with Crippen LogP contribution < -0.4 is 35.2 Å². The molecule has 5 aliphatic carbocycles. The Morgan fingerprint density at radius 2 is 1.28 bits per heavy atom. The molecule has 3 aromatic carbocycles. The van der Waals surface area contributed by atoms with E-state index < -0.39 is 25.8 Å². The molecule has 3 aromatic rings. The van der Waals surface area contributed by atoms with Crippen LogP contribution in [0.15, 0.2) is 120 Å². The molecule has 0 bridgehead atoms. The first kappa shape index (κ1) is 34.4. The summed E-state index contributed by atoms with van der Waals surface area (Å²) in [5.74, 6) is 3.87. The minimum Gasteiger partial charge on any atom is -1.00 e. The molecule has 8 rings (SSSR count). The fraction of sp³-hybridized carbons (Fsp3) is 0.429. The van der Waals surface area contributed by atoms with E-state index in [0.717, 1.165) is 23.7 Å². The second kappa shape index (κ2) is 13.5. The van der Waals surface area contributed by atoms with Gasteiger partial charge in [-0.1, -0.05) is 0 Å². The Bertz CT molecular complexity index is 1650. The summed E-state index contributed by atoms with van der Waals surface area (Å²) in [6.07, 6.45) is 18.5. The average Bonchev–Trinajstić information content (AvgIpc) is 3.72. The molecule has 0 spiro atoms. The molecule has 4 heteroatoms. The van der Waals surface area contributed by atoms with Gasteiger partial charge in [-0.05, 0) is 0 Å². The predicted molar refractivity (Wildman–Crippen MR) is 185 cm³/mol. The maximum absolute atomic E-state index is 2.88. The smallest absolute Gasteiger partial charge is 1.00 e. The maximum Gasteiger partial charge on any atom is -1.00 e. The van der Waals surface area contributed by atoms with Gasteiger partial charge in [-0.3, -0.25) is 0 Å². The molecule has 0 saturated heterocycles. The summed E-state index contributed by atoms with van der Waals surface area (Å²) < 4.78 is 0.903. The van der Waals surface area contributed by atoms with Gasteiger partial charge in [-0.2, -0.15) is 0 Å². The molecule has 238 valence electrons. The number of fused-ring (bicyclic) bond motifs is 7. The summed E-state index contributed by atoms with van der Waals surface area (Å²) in [4.78, 5) is 0. The third-order valence-electron chi connectivity index (χ3n) is 13.4. The summed E-state index contributed by atoms with van der Waals surface area (Å²) in [7, 11) is 0. The Labute approximate surface area is 298 Å². The Morgan fingerprint density at radius 1 is 0.717 bits per heavy atom. The zero-order valence-corrected chi connectivity index (χ0v) is 32.8. The van der Waals surface area contributed by atoms with Crippen molar-refractivity contribution in [1.29, 1.82) is 0 Å². The minimum atomic E-state index is -2.53. The first-order valence-corrected chi connectivity index (χ1v) is 25.3. The van der Waals surface area contributed by atoms with Crippen molar-refractivity contribution in [2.45, 2.75) is 78.9 Å². The van der Waals surface area contributed by atoms with Crippen LogP contribution in [-0.4, -0.2) is 5.43 Å². The normalized spacial score (nSPS) is 30.1. The number of allylic oxidation sites excluding steroid dienone is 6. The van der Waals surface area contributed by atoms with Crippen LogP contribution in [-0.2, 0) is 26.8 Å². The molecule has 5 aliphatic rings. The van der Waals surface area contributed by atoms with Crippen molar-refractivity contribution in [3.05, 3.63) is 132 Å². The largest absolute Gasteiger partial charge is 1.00 e. The van der Waals surface area contributed by atoms with E-state index in [4.69, 9.17) is 0 Å². The van der Waals surface area contributed by atoms with E-state index in [1.165, 1.54) is 38.5 Å². The molecule has 6 atom stereocenters. The molecule has 2 fully saturated rings. The summed E-state index contributed by atoms with van der Waals surface area (Å²) >= 11 is -2.53. The van der Waals surface area contributed by atoms with Gasteiger partial charge in [-0.15, -0.1) is 0 Å². The summed E-state index contributed by atoms with van der Waals surface area (Å²) in [6.45, 7) is 11.0. The fourth-order valence-electron chi connectivity index (χ4n) is 10.9. The first-order valence-electron chi connectivity index (χ1n) is 17.4. The van der Waals surface area contributed by atoms with Crippen molar-refractivity contribution in [2.24, 2.45) is 29.1 Å². The molecule has 0 heterocycles. The molecule has 46 heavy (non-hydrogen) atoms. The van der Waals surface area contributed by atoms with Crippen LogP contribution >= 0.6 is 0 Å². The zero-order valence-electron chi connectivity index (χ0n) is 27.9. The van der Waals surface area contributed by atoms with E-state index in [1.807, 2.05) is 11.1 Å². The van der Waals surface area contributed by atoms with E-state index in [2.05, 4.69) is 137 Å². The summed E-state index contributed by atoms with van der Waals surface area (Å²) in [5, 5.41) is 3.31. The van der Waals surface area contributed by atoms with Gasteiger partial charge in [0.05, 0.1) is 0 Å². The Kier molecular flexibility index (Phi) is 10.1. The quantitative estimate of drug-likeness (QED) is 0.283. The molecule has 6 unspecified atom stereocenters. The van der Waals surface area contributed by atoms with Crippen molar-refractivity contribution in [1.82, 2.24) is 0 Å².